The average molecular weight is 414 g/mol. The zero-order valence-corrected chi connectivity index (χ0v) is 15.2. The van der Waals surface area contributed by atoms with E-state index in [1.807, 2.05) is 31.3 Å². The summed E-state index contributed by atoms with van der Waals surface area (Å²) in [5.41, 5.74) is 8.87. The summed E-state index contributed by atoms with van der Waals surface area (Å²) in [5, 5.41) is 3.21. The zero-order chi connectivity index (χ0) is 15.4. The fraction of sp³-hybridized carbons (Fsp3) is 0.250. The lowest BCUT2D eigenvalue weighted by molar-refractivity contribution is 0.476. The van der Waals surface area contributed by atoms with Crippen molar-refractivity contribution >= 4 is 43.2 Å². The van der Waals surface area contributed by atoms with Crippen LogP contribution >= 0.6 is 31.9 Å². The van der Waals surface area contributed by atoms with Crippen LogP contribution in [0.4, 0.5) is 11.4 Å². The molecule has 3 nitrogen and oxygen atoms in total. The van der Waals surface area contributed by atoms with Crippen molar-refractivity contribution in [2.75, 3.05) is 18.1 Å². The summed E-state index contributed by atoms with van der Waals surface area (Å²) in [6.45, 7) is 2.17. The van der Waals surface area contributed by atoms with Gasteiger partial charge in [0.1, 0.15) is 5.75 Å². The normalized spacial score (nSPS) is 10.5. The first kappa shape index (κ1) is 16.2. The molecule has 21 heavy (non-hydrogen) atoms. The Kier molecular flexibility index (Phi) is 5.53. The van der Waals surface area contributed by atoms with E-state index in [9.17, 15) is 0 Å². The number of aryl methyl sites for hydroxylation is 1. The molecule has 0 aromatic heterocycles. The monoisotopic (exact) mass is 412 g/mol. The number of benzene rings is 2. The maximum absolute atomic E-state index is 6.00. The molecule has 0 bridgehead atoms. The van der Waals surface area contributed by atoms with E-state index in [0.717, 1.165) is 39.0 Å². The van der Waals surface area contributed by atoms with Crippen LogP contribution in [0.2, 0.25) is 0 Å². The fourth-order valence-corrected chi connectivity index (χ4v) is 3.53. The van der Waals surface area contributed by atoms with E-state index >= 15 is 0 Å². The molecular weight excluding hydrogens is 396 g/mol. The third kappa shape index (κ3) is 3.92. The van der Waals surface area contributed by atoms with Gasteiger partial charge in [-0.1, -0.05) is 13.3 Å². The van der Waals surface area contributed by atoms with Crippen LogP contribution in [0.25, 0.3) is 0 Å². The molecule has 5 heteroatoms. The summed E-state index contributed by atoms with van der Waals surface area (Å²) in [5.74, 6) is 1.53. The molecular formula is C16H18Br2N2O. The van der Waals surface area contributed by atoms with Crippen molar-refractivity contribution in [2.24, 2.45) is 0 Å². The Morgan fingerprint density at radius 2 is 1.81 bits per heavy atom. The molecule has 0 aliphatic heterocycles. The summed E-state index contributed by atoms with van der Waals surface area (Å²) < 4.78 is 7.65. The second-order valence-corrected chi connectivity index (χ2v) is 6.44. The Labute approximate surface area is 142 Å². The minimum Gasteiger partial charge on any atom is -0.455 e. The number of hydrogen-bond acceptors (Lipinski definition) is 3. The molecule has 0 radical (unpaired) electrons. The number of nitrogens with one attached hydrogen (secondary N) is 1. The maximum Gasteiger partial charge on any atom is 0.155 e. The van der Waals surface area contributed by atoms with Gasteiger partial charge in [0.15, 0.2) is 5.75 Å². The van der Waals surface area contributed by atoms with Crippen LogP contribution in [-0.2, 0) is 6.42 Å². The van der Waals surface area contributed by atoms with Crippen molar-refractivity contribution in [1.29, 1.82) is 0 Å². The molecule has 0 saturated carbocycles. The summed E-state index contributed by atoms with van der Waals surface area (Å²) in [7, 11) is 1.93. The van der Waals surface area contributed by atoms with Gasteiger partial charge in [-0.3, -0.25) is 0 Å². The van der Waals surface area contributed by atoms with E-state index in [0.29, 0.717) is 5.69 Å². The molecule has 3 N–H and O–H groups in total. The Morgan fingerprint density at radius 1 is 1.14 bits per heavy atom. The van der Waals surface area contributed by atoms with Crippen LogP contribution < -0.4 is 15.8 Å². The van der Waals surface area contributed by atoms with E-state index < -0.39 is 0 Å². The number of ether oxygens (including phenoxy) is 1. The molecule has 0 aliphatic rings. The van der Waals surface area contributed by atoms with Crippen molar-refractivity contribution < 1.29 is 4.74 Å². The first-order chi connectivity index (χ1) is 10.0. The second kappa shape index (κ2) is 7.18. The molecule has 0 saturated heterocycles. The highest BCUT2D eigenvalue weighted by Gasteiger charge is 2.10. The van der Waals surface area contributed by atoms with Crippen molar-refractivity contribution in [2.45, 2.75) is 19.8 Å². The molecule has 112 valence electrons. The number of hydrogen-bond donors (Lipinski definition) is 2. The first-order valence-corrected chi connectivity index (χ1v) is 8.36. The number of anilines is 2. The topological polar surface area (TPSA) is 47.3 Å². The third-order valence-electron chi connectivity index (χ3n) is 3.11. The maximum atomic E-state index is 6.00. The summed E-state index contributed by atoms with van der Waals surface area (Å²) in [6.07, 6.45) is 2.10. The highest BCUT2D eigenvalue weighted by atomic mass is 79.9. The Morgan fingerprint density at radius 3 is 2.38 bits per heavy atom. The summed E-state index contributed by atoms with van der Waals surface area (Å²) in [6, 6.07) is 9.73. The standard InChI is InChI=1S/C16H18Br2N2O/c1-3-4-10-7-12(5-6-15(10)20-2)21-16-13(17)8-11(19)9-14(16)18/h5-9,20H,3-4,19H2,1-2H3. The predicted octanol–water partition coefficient (Wildman–Crippen LogP) is 5.58. The number of nitrogens with two attached hydrogens (primary N) is 1. The van der Waals surface area contributed by atoms with Crippen molar-refractivity contribution in [3.8, 4) is 11.5 Å². The van der Waals surface area contributed by atoms with Gasteiger partial charge in [-0.05, 0) is 74.2 Å². The van der Waals surface area contributed by atoms with Crippen molar-refractivity contribution in [3.63, 3.8) is 0 Å². The SMILES string of the molecule is CCCc1cc(Oc2c(Br)cc(N)cc2Br)ccc1NC. The Bertz CT molecular complexity index is 621. The minimum absolute atomic E-state index is 0.679. The smallest absolute Gasteiger partial charge is 0.155 e. The predicted molar refractivity (Wildman–Crippen MR) is 96.3 cm³/mol. The lowest BCUT2D eigenvalue weighted by Gasteiger charge is -2.14. The van der Waals surface area contributed by atoms with E-state index in [2.05, 4.69) is 50.2 Å². The molecule has 2 rings (SSSR count). The van der Waals surface area contributed by atoms with Gasteiger partial charge in [0.05, 0.1) is 8.95 Å². The molecule has 0 heterocycles. The Hall–Kier alpha value is -1.20. The number of halogens is 2. The van der Waals surface area contributed by atoms with Crippen LogP contribution in [0.15, 0.2) is 39.3 Å². The van der Waals surface area contributed by atoms with Gasteiger partial charge in [0.25, 0.3) is 0 Å². The van der Waals surface area contributed by atoms with E-state index in [4.69, 9.17) is 10.5 Å². The largest absolute Gasteiger partial charge is 0.455 e. The number of nitrogen functional groups attached to an aromatic ring is 1. The fourth-order valence-electron chi connectivity index (χ4n) is 2.15. The lowest BCUT2D eigenvalue weighted by atomic mass is 10.1. The van der Waals surface area contributed by atoms with Gasteiger partial charge < -0.3 is 15.8 Å². The summed E-state index contributed by atoms with van der Waals surface area (Å²) >= 11 is 6.97. The van der Waals surface area contributed by atoms with Gasteiger partial charge in [0, 0.05) is 18.4 Å². The molecule has 0 unspecified atom stereocenters. The molecule has 2 aromatic carbocycles. The highest BCUT2D eigenvalue weighted by Crippen LogP contribution is 2.39. The molecule has 0 fully saturated rings. The van der Waals surface area contributed by atoms with Crippen LogP contribution in [0, 0.1) is 0 Å². The minimum atomic E-state index is 0.679. The van der Waals surface area contributed by atoms with E-state index in [-0.39, 0.29) is 0 Å². The first-order valence-electron chi connectivity index (χ1n) is 6.78. The lowest BCUT2D eigenvalue weighted by Crippen LogP contribution is -1.97. The zero-order valence-electron chi connectivity index (χ0n) is 12.0. The molecule has 0 amide bonds. The van der Waals surface area contributed by atoms with Crippen molar-refractivity contribution in [1.82, 2.24) is 0 Å². The average Bonchev–Trinajstić information content (AvgIpc) is 2.43. The van der Waals surface area contributed by atoms with Crippen LogP contribution in [0.3, 0.4) is 0 Å². The van der Waals surface area contributed by atoms with Crippen LogP contribution in [0.1, 0.15) is 18.9 Å². The van der Waals surface area contributed by atoms with Gasteiger partial charge in [-0.15, -0.1) is 0 Å². The molecule has 0 spiro atoms. The van der Waals surface area contributed by atoms with Gasteiger partial charge in [-0.25, -0.2) is 0 Å². The van der Waals surface area contributed by atoms with Crippen LogP contribution in [-0.4, -0.2) is 7.05 Å². The van der Waals surface area contributed by atoms with Gasteiger partial charge in [-0.2, -0.15) is 0 Å². The van der Waals surface area contributed by atoms with E-state index in [1.165, 1.54) is 5.56 Å². The molecule has 2 aromatic rings. The number of rotatable bonds is 5. The molecule has 0 atom stereocenters. The van der Waals surface area contributed by atoms with Gasteiger partial charge >= 0.3 is 0 Å². The van der Waals surface area contributed by atoms with Crippen molar-refractivity contribution in [3.05, 3.63) is 44.8 Å². The highest BCUT2D eigenvalue weighted by molar-refractivity contribution is 9.11. The van der Waals surface area contributed by atoms with E-state index in [1.54, 1.807) is 0 Å². The molecule has 0 aliphatic carbocycles. The van der Waals surface area contributed by atoms with Gasteiger partial charge in [0.2, 0.25) is 0 Å². The second-order valence-electron chi connectivity index (χ2n) is 4.73. The Balaban J connectivity index is 2.34. The summed E-state index contributed by atoms with van der Waals surface area (Å²) in [4.78, 5) is 0. The third-order valence-corrected chi connectivity index (χ3v) is 4.28. The van der Waals surface area contributed by atoms with Crippen LogP contribution in [0.5, 0.6) is 11.5 Å². The quantitative estimate of drug-likeness (QED) is 0.629.